The first-order valence-corrected chi connectivity index (χ1v) is 10.8. The molecule has 0 aliphatic carbocycles. The van der Waals surface area contributed by atoms with E-state index >= 15 is 0 Å². The lowest BCUT2D eigenvalue weighted by Gasteiger charge is -2.10. The molecule has 4 rings (SSSR count). The number of aryl methyl sites for hydroxylation is 1. The Morgan fingerprint density at radius 1 is 1.04 bits per heavy atom. The normalized spacial score (nSPS) is 11.4. The third kappa shape index (κ3) is 3.94. The van der Waals surface area contributed by atoms with Crippen molar-refractivity contribution in [3.63, 3.8) is 0 Å². The van der Waals surface area contributed by atoms with Crippen LogP contribution >= 0.6 is 11.8 Å². The highest BCUT2D eigenvalue weighted by Crippen LogP contribution is 2.34. The molecule has 3 aromatic heterocycles. The topological polar surface area (TPSA) is 43.6 Å². The fraction of sp³-hybridized carbons (Fsp3) is 0.261. The summed E-state index contributed by atoms with van der Waals surface area (Å²) in [6, 6.07) is 12.6. The summed E-state index contributed by atoms with van der Waals surface area (Å²) in [6.45, 7) is 5.41. The van der Waals surface area contributed by atoms with Crippen LogP contribution in [-0.2, 0) is 6.54 Å². The number of aromatic nitrogens is 4. The molecule has 0 saturated heterocycles. The van der Waals surface area contributed by atoms with Gasteiger partial charge in [-0.25, -0.2) is 0 Å². The molecule has 0 unspecified atom stereocenters. The van der Waals surface area contributed by atoms with Crippen LogP contribution < -0.4 is 0 Å². The Hall–Kier alpha value is -2.66. The molecule has 4 nitrogen and oxygen atoms in total. The minimum Gasteiger partial charge on any atom is -0.272 e. The molecular weight excluding hydrogens is 364 g/mol. The van der Waals surface area contributed by atoms with Crippen LogP contribution in [0.5, 0.6) is 0 Å². The minimum absolute atomic E-state index is 0.662. The summed E-state index contributed by atoms with van der Waals surface area (Å²) < 4.78 is 2.03. The zero-order valence-electron chi connectivity index (χ0n) is 16.5. The maximum Gasteiger partial charge on any atom is 0.0783 e. The van der Waals surface area contributed by atoms with Crippen molar-refractivity contribution in [2.24, 2.45) is 5.92 Å². The van der Waals surface area contributed by atoms with E-state index in [4.69, 9.17) is 4.98 Å². The number of rotatable bonds is 6. The summed E-state index contributed by atoms with van der Waals surface area (Å²) in [4.78, 5) is 10.4. The predicted molar refractivity (Wildman–Crippen MR) is 117 cm³/mol. The van der Waals surface area contributed by atoms with Crippen LogP contribution in [0.15, 0.2) is 66.1 Å². The maximum atomic E-state index is 4.80. The molecule has 4 aromatic rings. The van der Waals surface area contributed by atoms with E-state index in [0.717, 1.165) is 51.1 Å². The second kappa shape index (κ2) is 8.15. The van der Waals surface area contributed by atoms with Gasteiger partial charge in [0.1, 0.15) is 0 Å². The fourth-order valence-electron chi connectivity index (χ4n) is 3.24. The van der Waals surface area contributed by atoms with E-state index in [1.165, 1.54) is 0 Å². The van der Waals surface area contributed by atoms with Crippen LogP contribution in [0.3, 0.4) is 0 Å². The van der Waals surface area contributed by atoms with Crippen molar-refractivity contribution in [1.82, 2.24) is 19.7 Å². The van der Waals surface area contributed by atoms with Crippen molar-refractivity contribution in [2.75, 3.05) is 6.26 Å². The average molecular weight is 389 g/mol. The van der Waals surface area contributed by atoms with Gasteiger partial charge < -0.3 is 0 Å². The molecule has 5 heteroatoms. The number of fused-ring (bicyclic) bond motifs is 1. The lowest BCUT2D eigenvalue weighted by Crippen LogP contribution is -2.01. The van der Waals surface area contributed by atoms with Crippen molar-refractivity contribution in [3.05, 3.63) is 61.2 Å². The standard InChI is InChI=1S/C23H24N4S/c1-16(2)8-10-27-15-19(13-26-27)21-12-20(28-3)14-25-23(21)18-7-6-17-5-4-9-24-22(17)11-18/h4-7,9,11-16H,8,10H2,1-3H3. The van der Waals surface area contributed by atoms with Gasteiger partial charge in [0, 0.05) is 52.1 Å². The minimum atomic E-state index is 0.662. The van der Waals surface area contributed by atoms with E-state index in [1.807, 2.05) is 29.3 Å². The SMILES string of the molecule is CSc1cnc(-c2ccc3cccnc3c2)c(-c2cnn(CCC(C)C)c2)c1. The van der Waals surface area contributed by atoms with Gasteiger partial charge in [-0.05, 0) is 36.8 Å². The summed E-state index contributed by atoms with van der Waals surface area (Å²) >= 11 is 1.70. The molecule has 0 spiro atoms. The molecule has 1 aromatic carbocycles. The van der Waals surface area contributed by atoms with Crippen molar-refractivity contribution in [3.8, 4) is 22.4 Å². The Morgan fingerprint density at radius 2 is 1.93 bits per heavy atom. The van der Waals surface area contributed by atoms with E-state index in [9.17, 15) is 0 Å². The average Bonchev–Trinajstić information content (AvgIpc) is 3.20. The molecule has 3 heterocycles. The van der Waals surface area contributed by atoms with Gasteiger partial charge >= 0.3 is 0 Å². The maximum absolute atomic E-state index is 4.80. The van der Waals surface area contributed by atoms with Crippen molar-refractivity contribution in [2.45, 2.75) is 31.7 Å². The quantitative estimate of drug-likeness (QED) is 0.384. The molecule has 0 fully saturated rings. The Labute approximate surface area is 170 Å². The van der Waals surface area contributed by atoms with Gasteiger partial charge in [0.15, 0.2) is 0 Å². The van der Waals surface area contributed by atoms with Crippen molar-refractivity contribution >= 4 is 22.7 Å². The van der Waals surface area contributed by atoms with E-state index in [2.05, 4.69) is 66.7 Å². The molecular formula is C23H24N4S. The molecule has 0 aliphatic rings. The highest BCUT2D eigenvalue weighted by molar-refractivity contribution is 7.98. The van der Waals surface area contributed by atoms with Crippen LogP contribution in [0.2, 0.25) is 0 Å². The molecule has 0 aliphatic heterocycles. The zero-order chi connectivity index (χ0) is 19.5. The largest absolute Gasteiger partial charge is 0.272 e. The summed E-state index contributed by atoms with van der Waals surface area (Å²) in [6.07, 6.45) is 11.0. The number of hydrogen-bond donors (Lipinski definition) is 0. The van der Waals surface area contributed by atoms with Crippen LogP contribution in [0.25, 0.3) is 33.3 Å². The molecule has 0 saturated carbocycles. The first kappa shape index (κ1) is 18.7. The van der Waals surface area contributed by atoms with Crippen LogP contribution in [0.4, 0.5) is 0 Å². The molecule has 28 heavy (non-hydrogen) atoms. The first-order valence-electron chi connectivity index (χ1n) is 9.56. The fourth-order valence-corrected chi connectivity index (χ4v) is 3.63. The van der Waals surface area contributed by atoms with Gasteiger partial charge in [0.2, 0.25) is 0 Å². The van der Waals surface area contributed by atoms with Gasteiger partial charge in [-0.1, -0.05) is 32.0 Å². The molecule has 0 bridgehead atoms. The third-order valence-corrected chi connectivity index (χ3v) is 5.55. The van der Waals surface area contributed by atoms with E-state index in [1.54, 1.807) is 11.8 Å². The molecule has 0 amide bonds. The second-order valence-electron chi connectivity index (χ2n) is 7.36. The Morgan fingerprint density at radius 3 is 2.75 bits per heavy atom. The van der Waals surface area contributed by atoms with E-state index in [-0.39, 0.29) is 0 Å². The number of benzene rings is 1. The lowest BCUT2D eigenvalue weighted by atomic mass is 10.0. The van der Waals surface area contributed by atoms with Crippen molar-refractivity contribution < 1.29 is 0 Å². The summed E-state index contributed by atoms with van der Waals surface area (Å²) in [5.74, 6) is 0.662. The van der Waals surface area contributed by atoms with Crippen LogP contribution in [-0.4, -0.2) is 26.0 Å². The van der Waals surface area contributed by atoms with Gasteiger partial charge in [0.05, 0.1) is 17.4 Å². The number of nitrogens with zero attached hydrogens (tertiary/aromatic N) is 4. The van der Waals surface area contributed by atoms with Crippen LogP contribution in [0, 0.1) is 5.92 Å². The molecule has 142 valence electrons. The van der Waals surface area contributed by atoms with E-state index in [0.29, 0.717) is 5.92 Å². The predicted octanol–water partition coefficient (Wildman–Crippen LogP) is 5.93. The monoisotopic (exact) mass is 388 g/mol. The summed E-state index contributed by atoms with van der Waals surface area (Å²) in [7, 11) is 0. The van der Waals surface area contributed by atoms with Crippen molar-refractivity contribution in [1.29, 1.82) is 0 Å². The molecule has 0 N–H and O–H groups in total. The van der Waals surface area contributed by atoms with Gasteiger partial charge in [-0.3, -0.25) is 14.6 Å². The van der Waals surface area contributed by atoms with E-state index < -0.39 is 0 Å². The van der Waals surface area contributed by atoms with Gasteiger partial charge in [0.25, 0.3) is 0 Å². The Bertz CT molecular complexity index is 1100. The Balaban J connectivity index is 1.77. The second-order valence-corrected chi connectivity index (χ2v) is 8.24. The third-order valence-electron chi connectivity index (χ3n) is 4.86. The molecule has 0 atom stereocenters. The van der Waals surface area contributed by atoms with Gasteiger partial charge in [-0.2, -0.15) is 5.10 Å². The zero-order valence-corrected chi connectivity index (χ0v) is 17.3. The number of hydrogen-bond acceptors (Lipinski definition) is 4. The first-order chi connectivity index (χ1) is 13.6. The smallest absolute Gasteiger partial charge is 0.0783 e. The number of pyridine rings is 2. The number of thioether (sulfide) groups is 1. The van der Waals surface area contributed by atoms with Gasteiger partial charge in [-0.15, -0.1) is 11.8 Å². The van der Waals surface area contributed by atoms with Crippen LogP contribution in [0.1, 0.15) is 20.3 Å². The lowest BCUT2D eigenvalue weighted by molar-refractivity contribution is 0.487. The summed E-state index contributed by atoms with van der Waals surface area (Å²) in [5, 5.41) is 5.71. The molecule has 0 radical (unpaired) electrons. The highest BCUT2D eigenvalue weighted by atomic mass is 32.2. The Kier molecular flexibility index (Phi) is 5.44. The highest BCUT2D eigenvalue weighted by Gasteiger charge is 2.13. The summed E-state index contributed by atoms with van der Waals surface area (Å²) in [5.41, 5.74) is 5.23.